The van der Waals surface area contributed by atoms with Gasteiger partial charge < -0.3 is 10.2 Å². The lowest BCUT2D eigenvalue weighted by atomic mass is 9.79. The number of nitrogens with zero attached hydrogens (tertiary/aromatic N) is 1. The van der Waals surface area contributed by atoms with Crippen molar-refractivity contribution in [2.24, 2.45) is 5.41 Å². The lowest BCUT2D eigenvalue weighted by Crippen LogP contribution is -2.45. The lowest BCUT2D eigenvalue weighted by Gasteiger charge is -2.39. The quantitative estimate of drug-likeness (QED) is 0.758. The van der Waals surface area contributed by atoms with Crippen LogP contribution in [0.25, 0.3) is 0 Å². The van der Waals surface area contributed by atoms with E-state index in [0.717, 1.165) is 6.04 Å². The summed E-state index contributed by atoms with van der Waals surface area (Å²) < 4.78 is 0. The van der Waals surface area contributed by atoms with Crippen LogP contribution in [0.15, 0.2) is 0 Å². The summed E-state index contributed by atoms with van der Waals surface area (Å²) in [5, 5.41) is 3.89. The summed E-state index contributed by atoms with van der Waals surface area (Å²) in [6.07, 6.45) is 19.0. The molecule has 3 aliphatic rings. The van der Waals surface area contributed by atoms with E-state index in [9.17, 15) is 0 Å². The van der Waals surface area contributed by atoms with Crippen molar-refractivity contribution < 1.29 is 0 Å². The first kappa shape index (κ1) is 15.8. The first-order chi connectivity index (χ1) is 10.4. The Hall–Kier alpha value is -0.0800. The zero-order valence-electron chi connectivity index (χ0n) is 14.0. The molecular weight excluding hydrogens is 256 g/mol. The minimum absolute atomic E-state index is 0.596. The molecule has 0 aromatic rings. The Bertz CT molecular complexity index is 282. The van der Waals surface area contributed by atoms with Crippen molar-refractivity contribution in [3.8, 4) is 0 Å². The SMILES string of the molecule is C1CCCN(CC2(CNC3CC3)CCCCCC2)CCC1. The third-order valence-corrected chi connectivity index (χ3v) is 6.02. The lowest BCUT2D eigenvalue weighted by molar-refractivity contribution is 0.118. The number of nitrogens with one attached hydrogen (secondary N) is 1. The Morgan fingerprint density at radius 2 is 1.33 bits per heavy atom. The van der Waals surface area contributed by atoms with Crippen LogP contribution in [-0.4, -0.2) is 37.1 Å². The molecule has 2 nitrogen and oxygen atoms in total. The second-order valence-corrected chi connectivity index (χ2v) is 8.11. The Balaban J connectivity index is 1.58. The summed E-state index contributed by atoms with van der Waals surface area (Å²) in [7, 11) is 0. The van der Waals surface area contributed by atoms with Gasteiger partial charge in [-0.05, 0) is 57.0 Å². The van der Waals surface area contributed by atoms with Gasteiger partial charge in [-0.25, -0.2) is 0 Å². The van der Waals surface area contributed by atoms with Gasteiger partial charge in [0.05, 0.1) is 0 Å². The van der Waals surface area contributed by atoms with E-state index in [2.05, 4.69) is 10.2 Å². The number of hydrogen-bond acceptors (Lipinski definition) is 2. The van der Waals surface area contributed by atoms with Crippen LogP contribution < -0.4 is 5.32 Å². The molecule has 3 fully saturated rings. The average molecular weight is 293 g/mol. The summed E-state index contributed by atoms with van der Waals surface area (Å²) in [5.74, 6) is 0. The summed E-state index contributed by atoms with van der Waals surface area (Å²) in [6.45, 7) is 5.41. The summed E-state index contributed by atoms with van der Waals surface area (Å²) in [4.78, 5) is 2.83. The molecule has 0 aromatic carbocycles. The van der Waals surface area contributed by atoms with Crippen LogP contribution in [0.2, 0.25) is 0 Å². The van der Waals surface area contributed by atoms with E-state index in [4.69, 9.17) is 0 Å². The standard InChI is InChI=1S/C19H36N2/c1-4-8-14-21(15-9-5-1)17-19(16-20-18-10-11-18)12-6-2-3-7-13-19/h18,20H,1-17H2. The van der Waals surface area contributed by atoms with Crippen molar-refractivity contribution in [1.82, 2.24) is 10.2 Å². The smallest absolute Gasteiger partial charge is 0.00684 e. The molecule has 2 heteroatoms. The Kier molecular flexibility index (Phi) is 5.99. The van der Waals surface area contributed by atoms with Gasteiger partial charge in [-0.15, -0.1) is 0 Å². The number of likely N-dealkylation sites (tertiary alicyclic amines) is 1. The molecule has 122 valence electrons. The molecule has 0 spiro atoms. The molecule has 0 amide bonds. The van der Waals surface area contributed by atoms with Crippen molar-refractivity contribution in [3.63, 3.8) is 0 Å². The molecule has 0 atom stereocenters. The van der Waals surface area contributed by atoms with Gasteiger partial charge in [0.2, 0.25) is 0 Å². The number of rotatable bonds is 5. The van der Waals surface area contributed by atoms with Crippen molar-refractivity contribution in [3.05, 3.63) is 0 Å². The first-order valence-electron chi connectivity index (χ1n) is 9.82. The highest BCUT2D eigenvalue weighted by Crippen LogP contribution is 2.36. The zero-order chi connectivity index (χ0) is 14.4. The maximum Gasteiger partial charge on any atom is 0.00684 e. The zero-order valence-corrected chi connectivity index (χ0v) is 14.0. The van der Waals surface area contributed by atoms with Crippen molar-refractivity contribution >= 4 is 0 Å². The number of hydrogen-bond donors (Lipinski definition) is 1. The molecule has 0 unspecified atom stereocenters. The predicted octanol–water partition coefficient (Wildman–Crippen LogP) is 4.35. The van der Waals surface area contributed by atoms with Crippen LogP contribution in [-0.2, 0) is 0 Å². The fourth-order valence-electron chi connectivity index (χ4n) is 4.46. The monoisotopic (exact) mass is 292 g/mol. The third-order valence-electron chi connectivity index (χ3n) is 6.02. The molecule has 3 rings (SSSR count). The molecule has 0 bridgehead atoms. The highest BCUT2D eigenvalue weighted by atomic mass is 15.1. The molecule has 0 aromatic heterocycles. The second kappa shape index (κ2) is 7.97. The van der Waals surface area contributed by atoms with Gasteiger partial charge in [0.1, 0.15) is 0 Å². The van der Waals surface area contributed by atoms with Crippen molar-refractivity contribution in [2.75, 3.05) is 26.2 Å². The fourth-order valence-corrected chi connectivity index (χ4v) is 4.46. The van der Waals surface area contributed by atoms with E-state index >= 15 is 0 Å². The van der Waals surface area contributed by atoms with E-state index < -0.39 is 0 Å². The minimum Gasteiger partial charge on any atom is -0.313 e. The molecule has 21 heavy (non-hydrogen) atoms. The predicted molar refractivity (Wildman–Crippen MR) is 90.7 cm³/mol. The van der Waals surface area contributed by atoms with E-state index in [1.807, 2.05) is 0 Å². The highest BCUT2D eigenvalue weighted by Gasteiger charge is 2.34. The van der Waals surface area contributed by atoms with E-state index in [1.165, 1.54) is 110 Å². The van der Waals surface area contributed by atoms with E-state index in [-0.39, 0.29) is 0 Å². The third kappa shape index (κ3) is 5.25. The fraction of sp³-hybridized carbons (Fsp3) is 1.00. The highest BCUT2D eigenvalue weighted by molar-refractivity contribution is 4.91. The summed E-state index contributed by atoms with van der Waals surface area (Å²) in [6, 6.07) is 0.873. The minimum atomic E-state index is 0.596. The largest absolute Gasteiger partial charge is 0.313 e. The summed E-state index contributed by atoms with van der Waals surface area (Å²) >= 11 is 0. The second-order valence-electron chi connectivity index (χ2n) is 8.11. The molecular formula is C19H36N2. The molecule has 1 aliphatic heterocycles. The van der Waals surface area contributed by atoms with Gasteiger partial charge in [0.25, 0.3) is 0 Å². The van der Waals surface area contributed by atoms with Crippen LogP contribution in [0, 0.1) is 5.41 Å². The summed E-state index contributed by atoms with van der Waals surface area (Å²) in [5.41, 5.74) is 0.596. The van der Waals surface area contributed by atoms with Crippen LogP contribution in [0.4, 0.5) is 0 Å². The molecule has 1 heterocycles. The van der Waals surface area contributed by atoms with Gasteiger partial charge in [0, 0.05) is 19.1 Å². The van der Waals surface area contributed by atoms with Gasteiger partial charge >= 0.3 is 0 Å². The topological polar surface area (TPSA) is 15.3 Å². The van der Waals surface area contributed by atoms with Crippen LogP contribution in [0.3, 0.4) is 0 Å². The van der Waals surface area contributed by atoms with E-state index in [0.29, 0.717) is 5.41 Å². The maximum atomic E-state index is 3.89. The van der Waals surface area contributed by atoms with Crippen LogP contribution in [0.1, 0.15) is 83.5 Å². The van der Waals surface area contributed by atoms with Crippen molar-refractivity contribution in [1.29, 1.82) is 0 Å². The van der Waals surface area contributed by atoms with Crippen LogP contribution in [0.5, 0.6) is 0 Å². The van der Waals surface area contributed by atoms with Crippen molar-refractivity contribution in [2.45, 2.75) is 89.5 Å². The van der Waals surface area contributed by atoms with Gasteiger partial charge in [0.15, 0.2) is 0 Å². The van der Waals surface area contributed by atoms with E-state index in [1.54, 1.807) is 0 Å². The van der Waals surface area contributed by atoms with Gasteiger partial charge in [-0.1, -0.05) is 44.9 Å². The molecule has 2 saturated carbocycles. The molecule has 2 aliphatic carbocycles. The Labute approximate surface area is 132 Å². The molecule has 1 saturated heterocycles. The average Bonchev–Trinajstić information content (AvgIpc) is 3.27. The maximum absolute atomic E-state index is 3.89. The Morgan fingerprint density at radius 3 is 1.95 bits per heavy atom. The molecule has 0 radical (unpaired) electrons. The van der Waals surface area contributed by atoms with Gasteiger partial charge in [-0.3, -0.25) is 0 Å². The first-order valence-corrected chi connectivity index (χ1v) is 9.82. The molecule has 1 N–H and O–H groups in total. The van der Waals surface area contributed by atoms with Gasteiger partial charge in [-0.2, -0.15) is 0 Å². The Morgan fingerprint density at radius 1 is 0.762 bits per heavy atom. The normalized spacial score (nSPS) is 28.6. The van der Waals surface area contributed by atoms with Crippen LogP contribution >= 0.6 is 0 Å².